The van der Waals surface area contributed by atoms with Crippen LogP contribution in [0.4, 0.5) is 35.0 Å². The highest BCUT2D eigenvalue weighted by molar-refractivity contribution is 5.68. The summed E-state index contributed by atoms with van der Waals surface area (Å²) < 4.78 is 54.0. The standard InChI is InChI=1S/C19H17F4N5O/c1-11(10-29)25-18-26-15(12-4-3-7-24-9-12)8-16(28-18)27-17-13(19(21,22)23)5-2-6-14(17)20/h2-9,11,29H,10H2,1H3,(H2,25,26,27,28)/t11-/m0/s1. The van der Waals surface area contributed by atoms with Gasteiger partial charge in [0.25, 0.3) is 0 Å². The summed E-state index contributed by atoms with van der Waals surface area (Å²) in [6.45, 7) is 1.46. The Balaban J connectivity index is 2.07. The number of aliphatic hydroxyl groups excluding tert-OH is 1. The molecule has 3 N–H and O–H groups in total. The zero-order valence-corrected chi connectivity index (χ0v) is 15.2. The molecule has 0 unspecified atom stereocenters. The van der Waals surface area contributed by atoms with E-state index in [0.29, 0.717) is 11.3 Å². The van der Waals surface area contributed by atoms with Crippen molar-refractivity contribution in [2.75, 3.05) is 17.2 Å². The first kappa shape index (κ1) is 20.5. The fourth-order valence-corrected chi connectivity index (χ4v) is 2.52. The molecular formula is C19H17F4N5O. The van der Waals surface area contributed by atoms with E-state index in [1.807, 2.05) is 0 Å². The number of pyridine rings is 1. The van der Waals surface area contributed by atoms with Crippen LogP contribution < -0.4 is 10.6 Å². The van der Waals surface area contributed by atoms with Crippen molar-refractivity contribution in [2.24, 2.45) is 0 Å². The average Bonchev–Trinajstić information content (AvgIpc) is 2.69. The van der Waals surface area contributed by atoms with Crippen molar-refractivity contribution < 1.29 is 22.7 Å². The summed E-state index contributed by atoms with van der Waals surface area (Å²) in [5.74, 6) is -1.07. The summed E-state index contributed by atoms with van der Waals surface area (Å²) >= 11 is 0. The van der Waals surface area contributed by atoms with Gasteiger partial charge >= 0.3 is 6.18 Å². The van der Waals surface area contributed by atoms with Crippen LogP contribution in [0, 0.1) is 5.82 Å². The maximum Gasteiger partial charge on any atom is 0.418 e. The van der Waals surface area contributed by atoms with Crippen LogP contribution in [0.1, 0.15) is 12.5 Å². The van der Waals surface area contributed by atoms with Gasteiger partial charge in [0, 0.05) is 30.1 Å². The Morgan fingerprint density at radius 2 is 1.93 bits per heavy atom. The molecule has 3 rings (SSSR count). The largest absolute Gasteiger partial charge is 0.418 e. The van der Waals surface area contributed by atoms with Crippen molar-refractivity contribution in [1.82, 2.24) is 15.0 Å². The van der Waals surface area contributed by atoms with Crippen molar-refractivity contribution in [1.29, 1.82) is 0 Å². The third kappa shape index (κ3) is 4.96. The average molecular weight is 407 g/mol. The molecule has 0 saturated heterocycles. The van der Waals surface area contributed by atoms with E-state index in [1.54, 1.807) is 25.3 Å². The van der Waals surface area contributed by atoms with Crippen LogP contribution >= 0.6 is 0 Å². The molecule has 3 aromatic rings. The van der Waals surface area contributed by atoms with E-state index < -0.39 is 29.3 Å². The van der Waals surface area contributed by atoms with Crippen LogP contribution in [-0.4, -0.2) is 32.7 Å². The van der Waals surface area contributed by atoms with E-state index >= 15 is 0 Å². The number of aliphatic hydroxyl groups is 1. The van der Waals surface area contributed by atoms with Gasteiger partial charge in [0.1, 0.15) is 11.6 Å². The first-order chi connectivity index (χ1) is 13.8. The van der Waals surface area contributed by atoms with Crippen molar-refractivity contribution in [3.8, 4) is 11.3 Å². The molecule has 0 aliphatic rings. The van der Waals surface area contributed by atoms with Crippen LogP contribution in [0.15, 0.2) is 48.8 Å². The van der Waals surface area contributed by atoms with Gasteiger partial charge in [-0.3, -0.25) is 4.98 Å². The van der Waals surface area contributed by atoms with Crippen LogP contribution in [0.3, 0.4) is 0 Å². The lowest BCUT2D eigenvalue weighted by atomic mass is 10.1. The van der Waals surface area contributed by atoms with Gasteiger partial charge in [-0.05, 0) is 31.2 Å². The summed E-state index contributed by atoms with van der Waals surface area (Å²) in [7, 11) is 0. The minimum absolute atomic E-state index is 0.0536. The molecule has 1 aromatic carbocycles. The highest BCUT2D eigenvalue weighted by Gasteiger charge is 2.35. The van der Waals surface area contributed by atoms with Crippen molar-refractivity contribution in [3.05, 3.63) is 60.2 Å². The van der Waals surface area contributed by atoms with Gasteiger partial charge in [0.15, 0.2) is 0 Å². The third-order valence-corrected chi connectivity index (χ3v) is 3.90. The first-order valence-corrected chi connectivity index (χ1v) is 8.57. The molecule has 152 valence electrons. The van der Waals surface area contributed by atoms with Gasteiger partial charge in [0.05, 0.1) is 23.6 Å². The monoisotopic (exact) mass is 407 g/mol. The summed E-state index contributed by atoms with van der Waals surface area (Å²) in [5.41, 5.74) is -0.954. The zero-order valence-electron chi connectivity index (χ0n) is 15.2. The quantitative estimate of drug-likeness (QED) is 0.531. The number of halogens is 4. The molecule has 0 aliphatic heterocycles. The smallest absolute Gasteiger partial charge is 0.394 e. The summed E-state index contributed by atoms with van der Waals surface area (Å²) in [5, 5.41) is 14.5. The lowest BCUT2D eigenvalue weighted by Gasteiger charge is -2.17. The lowest BCUT2D eigenvalue weighted by molar-refractivity contribution is -0.137. The number of nitrogens with one attached hydrogen (secondary N) is 2. The maximum atomic E-state index is 14.2. The molecule has 0 saturated carbocycles. The van der Waals surface area contributed by atoms with E-state index in [2.05, 4.69) is 25.6 Å². The van der Waals surface area contributed by atoms with E-state index in [-0.39, 0.29) is 18.4 Å². The molecule has 1 atom stereocenters. The lowest BCUT2D eigenvalue weighted by Crippen LogP contribution is -2.21. The summed E-state index contributed by atoms with van der Waals surface area (Å²) in [6, 6.07) is 7.05. The van der Waals surface area contributed by atoms with Crippen molar-refractivity contribution in [2.45, 2.75) is 19.1 Å². The SMILES string of the molecule is C[C@@H](CO)Nc1nc(Nc2c(F)cccc2C(F)(F)F)cc(-c2cccnc2)n1. The minimum atomic E-state index is -4.75. The Hall–Kier alpha value is -3.27. The number of nitrogens with zero attached hydrogens (tertiary/aromatic N) is 3. The molecule has 2 aromatic heterocycles. The number of para-hydroxylation sites is 1. The van der Waals surface area contributed by atoms with Crippen LogP contribution in [-0.2, 0) is 6.18 Å². The summed E-state index contributed by atoms with van der Waals surface area (Å²) in [4.78, 5) is 12.4. The molecule has 2 heterocycles. The second-order valence-corrected chi connectivity index (χ2v) is 6.22. The van der Waals surface area contributed by atoms with Gasteiger partial charge in [-0.25, -0.2) is 9.37 Å². The molecule has 29 heavy (non-hydrogen) atoms. The number of rotatable bonds is 6. The van der Waals surface area contributed by atoms with E-state index in [4.69, 9.17) is 0 Å². The van der Waals surface area contributed by atoms with Crippen LogP contribution in [0.5, 0.6) is 0 Å². The Morgan fingerprint density at radius 3 is 2.59 bits per heavy atom. The molecule has 6 nitrogen and oxygen atoms in total. The van der Waals surface area contributed by atoms with Gasteiger partial charge in [-0.1, -0.05) is 6.07 Å². The van der Waals surface area contributed by atoms with E-state index in [0.717, 1.165) is 18.2 Å². The second-order valence-electron chi connectivity index (χ2n) is 6.22. The van der Waals surface area contributed by atoms with Gasteiger partial charge in [-0.2, -0.15) is 18.2 Å². The Morgan fingerprint density at radius 1 is 1.14 bits per heavy atom. The van der Waals surface area contributed by atoms with Crippen LogP contribution in [0.2, 0.25) is 0 Å². The van der Waals surface area contributed by atoms with E-state index in [1.165, 1.54) is 12.3 Å². The van der Waals surface area contributed by atoms with Gasteiger partial charge in [0.2, 0.25) is 5.95 Å². The topological polar surface area (TPSA) is 83.0 Å². The Labute approximate surface area is 163 Å². The molecule has 0 radical (unpaired) electrons. The van der Waals surface area contributed by atoms with Gasteiger partial charge in [-0.15, -0.1) is 0 Å². The predicted octanol–water partition coefficient (Wildman–Crippen LogP) is 4.23. The molecule has 0 amide bonds. The van der Waals surface area contributed by atoms with Crippen molar-refractivity contribution >= 4 is 17.5 Å². The number of benzene rings is 1. The highest BCUT2D eigenvalue weighted by atomic mass is 19.4. The summed E-state index contributed by atoms with van der Waals surface area (Å²) in [6.07, 6.45) is -1.67. The zero-order chi connectivity index (χ0) is 21.0. The molecule has 10 heteroatoms. The first-order valence-electron chi connectivity index (χ1n) is 8.57. The normalized spacial score (nSPS) is 12.5. The molecule has 0 bridgehead atoms. The third-order valence-electron chi connectivity index (χ3n) is 3.90. The fourth-order valence-electron chi connectivity index (χ4n) is 2.52. The molecule has 0 fully saturated rings. The number of hydrogen-bond acceptors (Lipinski definition) is 6. The van der Waals surface area contributed by atoms with E-state index in [9.17, 15) is 22.7 Å². The maximum absolute atomic E-state index is 14.2. The highest BCUT2D eigenvalue weighted by Crippen LogP contribution is 2.37. The number of hydrogen-bond donors (Lipinski definition) is 3. The number of alkyl halides is 3. The Bertz CT molecular complexity index is 982. The second kappa shape index (κ2) is 8.39. The molecule has 0 aliphatic carbocycles. The molecule has 0 spiro atoms. The predicted molar refractivity (Wildman–Crippen MR) is 100 cm³/mol. The Kier molecular flexibility index (Phi) is 5.92. The molecular weight excluding hydrogens is 390 g/mol. The van der Waals surface area contributed by atoms with Gasteiger partial charge < -0.3 is 15.7 Å². The van der Waals surface area contributed by atoms with Crippen LogP contribution in [0.25, 0.3) is 11.3 Å². The minimum Gasteiger partial charge on any atom is -0.394 e. The fraction of sp³-hybridized carbons (Fsp3) is 0.211. The number of anilines is 3. The number of aromatic nitrogens is 3. The van der Waals surface area contributed by atoms with Crippen molar-refractivity contribution in [3.63, 3.8) is 0 Å².